The van der Waals surface area contributed by atoms with Crippen molar-refractivity contribution in [2.24, 2.45) is 5.92 Å². The van der Waals surface area contributed by atoms with Gasteiger partial charge in [0.2, 0.25) is 11.6 Å². The number of ketones is 2. The number of carbonyl (C=O) groups is 3. The molecule has 0 saturated carbocycles. The Labute approximate surface area is 166 Å². The van der Waals surface area contributed by atoms with Gasteiger partial charge in [-0.2, -0.15) is 0 Å². The third-order valence-electron chi connectivity index (χ3n) is 4.98. The number of fused-ring (bicyclic) bond motifs is 1. The van der Waals surface area contributed by atoms with E-state index in [0.29, 0.717) is 11.1 Å². The summed E-state index contributed by atoms with van der Waals surface area (Å²) in [6.45, 7) is 0. The smallest absolute Gasteiger partial charge is 0.339 e. The monoisotopic (exact) mass is 409 g/mol. The fraction of sp³-hybridized carbons (Fsp3) is 0.0952. The highest BCUT2D eigenvalue weighted by Gasteiger charge is 2.50. The summed E-state index contributed by atoms with van der Waals surface area (Å²) < 4.78 is 27.5. The first-order valence-corrected chi connectivity index (χ1v) is 10.2. The molecule has 2 aromatic rings. The van der Waals surface area contributed by atoms with E-state index < -0.39 is 45.1 Å². The molecule has 146 valence electrons. The lowest BCUT2D eigenvalue weighted by atomic mass is 9.79. The zero-order valence-electron chi connectivity index (χ0n) is 14.9. The van der Waals surface area contributed by atoms with Gasteiger partial charge in [0.05, 0.1) is 16.9 Å². The Morgan fingerprint density at radius 3 is 2.10 bits per heavy atom. The van der Waals surface area contributed by atoms with Gasteiger partial charge < -0.3 is 5.11 Å². The van der Waals surface area contributed by atoms with Crippen LogP contribution in [-0.2, 0) is 24.4 Å². The first-order chi connectivity index (χ1) is 13.8. The van der Waals surface area contributed by atoms with Crippen molar-refractivity contribution in [3.8, 4) is 0 Å². The van der Waals surface area contributed by atoms with Crippen LogP contribution in [0.1, 0.15) is 5.56 Å². The molecule has 2 unspecified atom stereocenters. The molecular weight excluding hydrogens is 394 g/mol. The fourth-order valence-electron chi connectivity index (χ4n) is 3.62. The molecule has 1 heterocycles. The molecular formula is C21H15NO6S. The van der Waals surface area contributed by atoms with E-state index in [1.807, 2.05) is 0 Å². The van der Waals surface area contributed by atoms with Crippen molar-refractivity contribution in [3.63, 3.8) is 0 Å². The third-order valence-corrected chi connectivity index (χ3v) is 6.75. The van der Waals surface area contributed by atoms with Gasteiger partial charge in [-0.25, -0.2) is 13.2 Å². The molecule has 0 fully saturated rings. The van der Waals surface area contributed by atoms with Crippen LogP contribution in [0, 0.1) is 5.92 Å². The standard InChI is InChI=1S/C21H15NO6S/c23-19-15(21(25)26)11-17-18(20(19)24)16(13-7-3-1-4-8-13)12-22(17)29(27,28)14-9-5-2-6-10-14/h1-12,17-18H,(H,25,26). The number of rotatable bonds is 4. The van der Waals surface area contributed by atoms with Gasteiger partial charge in [0, 0.05) is 6.20 Å². The van der Waals surface area contributed by atoms with Gasteiger partial charge in [-0.3, -0.25) is 13.9 Å². The molecule has 0 saturated heterocycles. The first-order valence-electron chi connectivity index (χ1n) is 8.72. The van der Waals surface area contributed by atoms with E-state index in [0.717, 1.165) is 10.4 Å². The van der Waals surface area contributed by atoms with Gasteiger partial charge >= 0.3 is 5.97 Å². The molecule has 2 aromatic carbocycles. The van der Waals surface area contributed by atoms with Crippen LogP contribution >= 0.6 is 0 Å². The van der Waals surface area contributed by atoms with Crippen LogP contribution in [0.2, 0.25) is 0 Å². The van der Waals surface area contributed by atoms with Crippen molar-refractivity contribution in [2.45, 2.75) is 10.9 Å². The predicted molar refractivity (Wildman–Crippen MR) is 103 cm³/mol. The van der Waals surface area contributed by atoms with E-state index in [1.165, 1.54) is 18.3 Å². The summed E-state index contributed by atoms with van der Waals surface area (Å²) in [6.07, 6.45) is 2.38. The van der Waals surface area contributed by atoms with E-state index in [-0.39, 0.29) is 4.90 Å². The molecule has 29 heavy (non-hydrogen) atoms. The minimum absolute atomic E-state index is 0.000986. The Morgan fingerprint density at radius 2 is 1.52 bits per heavy atom. The number of sulfonamides is 1. The topological polar surface area (TPSA) is 109 Å². The SMILES string of the molecule is O=C(O)C1=CC2C(C(=O)C1=O)C(c1ccccc1)=CN2S(=O)(=O)c1ccccc1. The van der Waals surface area contributed by atoms with Crippen molar-refractivity contribution in [3.05, 3.63) is 84.1 Å². The molecule has 1 aliphatic carbocycles. The zero-order valence-corrected chi connectivity index (χ0v) is 15.7. The molecule has 0 radical (unpaired) electrons. The number of carbonyl (C=O) groups excluding carboxylic acids is 2. The van der Waals surface area contributed by atoms with E-state index in [4.69, 9.17) is 0 Å². The normalized spacial score (nSPS) is 21.4. The van der Waals surface area contributed by atoms with E-state index >= 15 is 0 Å². The van der Waals surface area contributed by atoms with Gasteiger partial charge in [-0.05, 0) is 29.3 Å². The highest BCUT2D eigenvalue weighted by atomic mass is 32.2. The molecule has 0 aromatic heterocycles. The largest absolute Gasteiger partial charge is 0.478 e. The minimum Gasteiger partial charge on any atom is -0.478 e. The van der Waals surface area contributed by atoms with Crippen molar-refractivity contribution in [1.29, 1.82) is 0 Å². The van der Waals surface area contributed by atoms with Gasteiger partial charge in [-0.15, -0.1) is 0 Å². The molecule has 1 aliphatic heterocycles. The molecule has 2 aliphatic rings. The average molecular weight is 409 g/mol. The quantitative estimate of drug-likeness (QED) is 0.610. The van der Waals surface area contributed by atoms with E-state index in [2.05, 4.69) is 0 Å². The fourth-order valence-corrected chi connectivity index (χ4v) is 5.12. The maximum absolute atomic E-state index is 13.2. The Bertz CT molecular complexity index is 1180. The van der Waals surface area contributed by atoms with Gasteiger partial charge in [0.25, 0.3) is 10.0 Å². The number of carboxylic acid groups (broad SMARTS) is 1. The van der Waals surface area contributed by atoms with Crippen molar-refractivity contribution in [2.75, 3.05) is 0 Å². The van der Waals surface area contributed by atoms with Crippen molar-refractivity contribution < 1.29 is 27.9 Å². The summed E-state index contributed by atoms with van der Waals surface area (Å²) in [4.78, 5) is 36.6. The number of hydrogen-bond donors (Lipinski definition) is 1. The Morgan fingerprint density at radius 1 is 0.931 bits per heavy atom. The lowest BCUT2D eigenvalue weighted by Gasteiger charge is -2.29. The lowest BCUT2D eigenvalue weighted by molar-refractivity contribution is -0.141. The van der Waals surface area contributed by atoms with Crippen LogP contribution in [-0.4, -0.2) is 41.4 Å². The summed E-state index contributed by atoms with van der Waals surface area (Å²) in [6, 6.07) is 15.1. The summed E-state index contributed by atoms with van der Waals surface area (Å²) in [5.41, 5.74) is 0.225. The summed E-state index contributed by atoms with van der Waals surface area (Å²) in [5.74, 6) is -4.73. The second-order valence-corrected chi connectivity index (χ2v) is 8.49. The first kappa shape index (κ1) is 18.8. The minimum atomic E-state index is -4.08. The molecule has 0 bridgehead atoms. The lowest BCUT2D eigenvalue weighted by Crippen LogP contribution is -2.45. The number of aliphatic carboxylic acids is 1. The van der Waals surface area contributed by atoms with E-state index in [9.17, 15) is 27.9 Å². The van der Waals surface area contributed by atoms with Crippen LogP contribution < -0.4 is 0 Å². The summed E-state index contributed by atoms with van der Waals surface area (Å²) in [7, 11) is -4.08. The maximum atomic E-state index is 13.2. The van der Waals surface area contributed by atoms with Gasteiger partial charge in [0.1, 0.15) is 5.57 Å². The highest BCUT2D eigenvalue weighted by Crippen LogP contribution is 2.42. The molecule has 2 atom stereocenters. The third kappa shape index (κ3) is 2.98. The van der Waals surface area contributed by atoms with Crippen molar-refractivity contribution in [1.82, 2.24) is 4.31 Å². The Hall–Kier alpha value is -3.52. The maximum Gasteiger partial charge on any atom is 0.339 e. The average Bonchev–Trinajstić information content (AvgIpc) is 3.12. The van der Waals surface area contributed by atoms with Gasteiger partial charge in [0.15, 0.2) is 0 Å². The number of benzene rings is 2. The second kappa shape index (κ2) is 6.82. The Balaban J connectivity index is 1.92. The molecule has 1 N–H and O–H groups in total. The molecule has 0 spiro atoms. The highest BCUT2D eigenvalue weighted by molar-refractivity contribution is 7.89. The molecule has 8 heteroatoms. The van der Waals surface area contributed by atoms with E-state index in [1.54, 1.807) is 48.5 Å². The molecule has 0 amide bonds. The van der Waals surface area contributed by atoms with Crippen LogP contribution in [0.5, 0.6) is 0 Å². The zero-order chi connectivity index (χ0) is 20.8. The molecule has 7 nitrogen and oxygen atoms in total. The number of hydrogen-bond acceptors (Lipinski definition) is 5. The summed E-state index contributed by atoms with van der Waals surface area (Å²) in [5, 5.41) is 9.31. The predicted octanol–water partition coefficient (Wildman–Crippen LogP) is 1.88. The summed E-state index contributed by atoms with van der Waals surface area (Å²) >= 11 is 0. The van der Waals surface area contributed by atoms with Crippen LogP contribution in [0.25, 0.3) is 5.57 Å². The number of Topliss-reactive ketones (excluding diaryl/α,β-unsaturated/α-hetero) is 2. The number of carboxylic acids is 1. The van der Waals surface area contributed by atoms with Crippen molar-refractivity contribution >= 4 is 33.1 Å². The second-order valence-electron chi connectivity index (χ2n) is 6.65. The molecule has 4 rings (SSSR count). The van der Waals surface area contributed by atoms with Crippen LogP contribution in [0.15, 0.2) is 83.4 Å². The Kier molecular flexibility index (Phi) is 4.43. The number of nitrogens with zero attached hydrogens (tertiary/aromatic N) is 1. The van der Waals surface area contributed by atoms with Gasteiger partial charge in [-0.1, -0.05) is 48.5 Å². The van der Waals surface area contributed by atoms with Crippen LogP contribution in [0.4, 0.5) is 0 Å². The van der Waals surface area contributed by atoms with Crippen LogP contribution in [0.3, 0.4) is 0 Å².